The van der Waals surface area contributed by atoms with E-state index in [4.69, 9.17) is 0 Å². The number of halogens is 2. The second-order valence-electron chi connectivity index (χ2n) is 4.73. The van der Waals surface area contributed by atoms with Gasteiger partial charge in [-0.1, -0.05) is 13.8 Å². The van der Waals surface area contributed by atoms with Crippen LogP contribution in [0.1, 0.15) is 26.7 Å². The largest absolute Gasteiger partial charge is 0.336 e. The summed E-state index contributed by atoms with van der Waals surface area (Å²) in [4.78, 5) is 12.6. The molecule has 5 heteroatoms. The fourth-order valence-corrected chi connectivity index (χ4v) is 2.01. The van der Waals surface area contributed by atoms with E-state index in [1.807, 2.05) is 13.8 Å². The number of nitrogens with zero attached hydrogens (tertiary/aromatic N) is 1. The number of hydrogen-bond donors (Lipinski definition) is 1. The van der Waals surface area contributed by atoms with Gasteiger partial charge in [0, 0.05) is 19.1 Å². The molecule has 1 unspecified atom stereocenters. The zero-order valence-electron chi connectivity index (χ0n) is 9.88. The summed E-state index contributed by atoms with van der Waals surface area (Å²) in [5.74, 6) is -0.827. The third-order valence-electron chi connectivity index (χ3n) is 2.69. The summed E-state index contributed by atoms with van der Waals surface area (Å²) in [6.07, 6.45) is -0.867. The van der Waals surface area contributed by atoms with Gasteiger partial charge >= 0.3 is 6.43 Å². The summed E-state index contributed by atoms with van der Waals surface area (Å²) in [5, 5.41) is 3.22. The highest BCUT2D eigenvalue weighted by Gasteiger charge is 2.27. The summed E-state index contributed by atoms with van der Waals surface area (Å²) in [6, 6.07) is 0.182. The Labute approximate surface area is 95.2 Å². The first kappa shape index (κ1) is 13.4. The van der Waals surface area contributed by atoms with Gasteiger partial charge in [-0.25, -0.2) is 0 Å². The molecule has 1 rings (SSSR count). The molecule has 1 saturated heterocycles. The van der Waals surface area contributed by atoms with Gasteiger partial charge in [0.1, 0.15) is 0 Å². The first-order chi connectivity index (χ1) is 7.50. The van der Waals surface area contributed by atoms with Gasteiger partial charge in [0.15, 0.2) is 0 Å². The van der Waals surface area contributed by atoms with Gasteiger partial charge in [0.05, 0.1) is 0 Å². The molecule has 1 amide bonds. The Morgan fingerprint density at radius 3 is 2.62 bits per heavy atom. The fraction of sp³-hybridized carbons (Fsp3) is 0.909. The Morgan fingerprint density at radius 2 is 2.19 bits per heavy atom. The lowest BCUT2D eigenvalue weighted by atomic mass is 10.1. The Bertz CT molecular complexity index is 228. The zero-order valence-corrected chi connectivity index (χ0v) is 9.88. The molecule has 3 nitrogen and oxygen atoms in total. The van der Waals surface area contributed by atoms with Gasteiger partial charge < -0.3 is 10.2 Å². The number of hydrogen-bond acceptors (Lipinski definition) is 2. The Balaban J connectivity index is 2.51. The predicted molar refractivity (Wildman–Crippen MR) is 58.4 cm³/mol. The highest BCUT2D eigenvalue weighted by atomic mass is 19.3. The molecular formula is C11H20F2N2O. The van der Waals surface area contributed by atoms with E-state index in [-0.39, 0.29) is 12.0 Å². The van der Waals surface area contributed by atoms with Gasteiger partial charge in [-0.05, 0) is 25.3 Å². The van der Waals surface area contributed by atoms with Crippen LogP contribution in [0.4, 0.5) is 8.78 Å². The van der Waals surface area contributed by atoms with Crippen LogP contribution in [0.3, 0.4) is 0 Å². The minimum atomic E-state index is -2.89. The highest BCUT2D eigenvalue weighted by molar-refractivity contribution is 5.79. The number of carbonyl (C=O) groups excluding carboxylic acids is 1. The lowest BCUT2D eigenvalue weighted by Crippen LogP contribution is -2.45. The van der Waals surface area contributed by atoms with Crippen molar-refractivity contribution in [3.63, 3.8) is 0 Å². The summed E-state index contributed by atoms with van der Waals surface area (Å²) in [7, 11) is 0. The van der Waals surface area contributed by atoms with Crippen LogP contribution in [0, 0.1) is 5.92 Å². The Kier molecular flexibility index (Phi) is 5.12. The molecule has 0 spiro atoms. The Hall–Kier alpha value is -0.710. The van der Waals surface area contributed by atoms with Crippen LogP contribution in [0.15, 0.2) is 0 Å². The van der Waals surface area contributed by atoms with Crippen molar-refractivity contribution in [1.29, 1.82) is 0 Å². The van der Waals surface area contributed by atoms with E-state index in [0.717, 1.165) is 19.4 Å². The predicted octanol–water partition coefficient (Wildman–Crippen LogP) is 1.49. The number of amides is 1. The number of rotatable bonds is 5. The van der Waals surface area contributed by atoms with Crippen LogP contribution in [0.25, 0.3) is 0 Å². The van der Waals surface area contributed by atoms with Crippen LogP contribution in [-0.4, -0.2) is 42.9 Å². The molecule has 0 radical (unpaired) electrons. The first-order valence-corrected chi connectivity index (χ1v) is 5.81. The van der Waals surface area contributed by atoms with Gasteiger partial charge in [-0.3, -0.25) is 4.79 Å². The van der Waals surface area contributed by atoms with Crippen LogP contribution in [0.5, 0.6) is 0 Å². The van der Waals surface area contributed by atoms with E-state index in [9.17, 15) is 13.6 Å². The quantitative estimate of drug-likeness (QED) is 0.781. The molecule has 0 aromatic carbocycles. The number of carbonyl (C=O) groups is 1. The SMILES string of the molecule is CC(C)CN(CC1CCCN1)C(=O)C(F)F. The number of nitrogens with one attached hydrogen (secondary N) is 1. The maximum atomic E-state index is 12.4. The Morgan fingerprint density at radius 1 is 1.50 bits per heavy atom. The third kappa shape index (κ3) is 4.04. The van der Waals surface area contributed by atoms with Crippen molar-refractivity contribution >= 4 is 5.91 Å². The average Bonchev–Trinajstić information content (AvgIpc) is 2.67. The van der Waals surface area contributed by atoms with E-state index in [0.29, 0.717) is 13.1 Å². The van der Waals surface area contributed by atoms with Crippen molar-refractivity contribution in [1.82, 2.24) is 10.2 Å². The van der Waals surface area contributed by atoms with Crippen molar-refractivity contribution < 1.29 is 13.6 Å². The normalized spacial score (nSPS) is 20.8. The maximum Gasteiger partial charge on any atom is 0.315 e. The van der Waals surface area contributed by atoms with Crippen molar-refractivity contribution in [2.24, 2.45) is 5.92 Å². The lowest BCUT2D eigenvalue weighted by Gasteiger charge is -2.27. The summed E-state index contributed by atoms with van der Waals surface area (Å²) in [5.41, 5.74) is 0. The molecule has 1 fully saturated rings. The lowest BCUT2D eigenvalue weighted by molar-refractivity contribution is -0.143. The molecule has 1 heterocycles. The topological polar surface area (TPSA) is 32.3 Å². The van der Waals surface area contributed by atoms with E-state index in [2.05, 4.69) is 5.32 Å². The van der Waals surface area contributed by atoms with Crippen molar-refractivity contribution in [2.45, 2.75) is 39.2 Å². The van der Waals surface area contributed by atoms with E-state index in [1.54, 1.807) is 0 Å². The van der Waals surface area contributed by atoms with E-state index >= 15 is 0 Å². The van der Waals surface area contributed by atoms with E-state index < -0.39 is 12.3 Å². The fourth-order valence-electron chi connectivity index (χ4n) is 2.01. The molecule has 0 aromatic rings. The molecule has 0 saturated carbocycles. The molecule has 1 aliphatic heterocycles. The first-order valence-electron chi connectivity index (χ1n) is 5.81. The standard InChI is InChI=1S/C11H20F2N2O/c1-8(2)6-15(11(16)10(12)13)7-9-4-3-5-14-9/h8-10,14H,3-7H2,1-2H3. The molecule has 94 valence electrons. The van der Waals surface area contributed by atoms with Gasteiger partial charge in [0.25, 0.3) is 5.91 Å². The van der Waals surface area contributed by atoms with Crippen molar-refractivity contribution in [2.75, 3.05) is 19.6 Å². The summed E-state index contributed by atoms with van der Waals surface area (Å²) >= 11 is 0. The van der Waals surface area contributed by atoms with Gasteiger partial charge in [-0.15, -0.1) is 0 Å². The second-order valence-corrected chi connectivity index (χ2v) is 4.73. The van der Waals surface area contributed by atoms with Gasteiger partial charge in [-0.2, -0.15) is 8.78 Å². The van der Waals surface area contributed by atoms with Crippen LogP contribution in [-0.2, 0) is 4.79 Å². The van der Waals surface area contributed by atoms with Crippen molar-refractivity contribution in [3.8, 4) is 0 Å². The molecule has 1 N–H and O–H groups in total. The van der Waals surface area contributed by atoms with Crippen LogP contribution in [0.2, 0.25) is 0 Å². The minimum absolute atomic E-state index is 0.182. The number of alkyl halides is 2. The molecule has 0 aromatic heterocycles. The molecule has 1 aliphatic rings. The molecule has 0 aliphatic carbocycles. The second kappa shape index (κ2) is 6.13. The average molecular weight is 234 g/mol. The highest BCUT2D eigenvalue weighted by Crippen LogP contribution is 2.11. The zero-order chi connectivity index (χ0) is 12.1. The van der Waals surface area contributed by atoms with Gasteiger partial charge in [0.2, 0.25) is 0 Å². The molecule has 0 bridgehead atoms. The third-order valence-corrected chi connectivity index (χ3v) is 2.69. The molecule has 16 heavy (non-hydrogen) atoms. The monoisotopic (exact) mass is 234 g/mol. The van der Waals surface area contributed by atoms with Crippen LogP contribution >= 0.6 is 0 Å². The summed E-state index contributed by atoms with van der Waals surface area (Å²) in [6.45, 7) is 5.58. The van der Waals surface area contributed by atoms with E-state index in [1.165, 1.54) is 4.90 Å². The van der Waals surface area contributed by atoms with Crippen LogP contribution < -0.4 is 5.32 Å². The minimum Gasteiger partial charge on any atom is -0.336 e. The maximum absolute atomic E-state index is 12.4. The smallest absolute Gasteiger partial charge is 0.315 e. The van der Waals surface area contributed by atoms with Crippen molar-refractivity contribution in [3.05, 3.63) is 0 Å². The molecular weight excluding hydrogens is 214 g/mol. The molecule has 1 atom stereocenters. The summed E-state index contributed by atoms with van der Waals surface area (Å²) < 4.78 is 24.8.